The van der Waals surface area contributed by atoms with Crippen molar-refractivity contribution in [3.05, 3.63) is 89.1 Å². The molecule has 0 aliphatic carbocycles. The molecule has 4 rings (SSSR count). The van der Waals surface area contributed by atoms with Crippen LogP contribution in [0.2, 0.25) is 0 Å². The second kappa shape index (κ2) is 10.0. The maximum absolute atomic E-state index is 12.6. The molecule has 3 N–H and O–H groups in total. The number of hydrogen-bond acceptors (Lipinski definition) is 5. The number of benzene rings is 2. The van der Waals surface area contributed by atoms with Crippen molar-refractivity contribution >= 4 is 23.0 Å². The molecule has 2 aromatic heterocycles. The number of aromatic nitrogens is 3. The predicted octanol–water partition coefficient (Wildman–Crippen LogP) is 4.59. The minimum absolute atomic E-state index is 0.151. The molecule has 1 atom stereocenters. The number of nitrogens with one attached hydrogen (secondary N) is 3. The van der Waals surface area contributed by atoms with Gasteiger partial charge in [-0.15, -0.1) is 0 Å². The van der Waals surface area contributed by atoms with E-state index in [-0.39, 0.29) is 18.9 Å². The van der Waals surface area contributed by atoms with E-state index in [0.29, 0.717) is 17.9 Å². The number of esters is 1. The minimum atomic E-state index is -0.574. The minimum Gasteiger partial charge on any atom is -0.461 e. The largest absolute Gasteiger partial charge is 0.461 e. The smallest absolute Gasteiger partial charge is 0.408 e. The molecular weight excluding hydrogens is 420 g/mol. The lowest BCUT2D eigenvalue weighted by atomic mass is 10.0. The summed E-state index contributed by atoms with van der Waals surface area (Å²) < 4.78 is 10.5. The molecule has 0 aliphatic heterocycles. The van der Waals surface area contributed by atoms with Gasteiger partial charge in [-0.1, -0.05) is 48.5 Å². The number of H-pyrrole nitrogens is 2. The van der Waals surface area contributed by atoms with E-state index in [4.69, 9.17) is 9.47 Å². The van der Waals surface area contributed by atoms with Gasteiger partial charge < -0.3 is 24.8 Å². The first kappa shape index (κ1) is 22.1. The maximum Gasteiger partial charge on any atom is 0.408 e. The molecule has 0 saturated carbocycles. The van der Waals surface area contributed by atoms with E-state index in [1.807, 2.05) is 60.8 Å². The number of alkyl carbamates (subject to hydrolysis) is 1. The lowest BCUT2D eigenvalue weighted by molar-refractivity contribution is 0.0519. The molecule has 2 aromatic carbocycles. The summed E-state index contributed by atoms with van der Waals surface area (Å²) in [5.74, 6) is -0.0486. The SMILES string of the molecule is CCOC(=O)c1nc([C@@H](Cc2c[nH]c3ccccc23)NC(=O)OCc2ccccc2)[nH]c1C. The van der Waals surface area contributed by atoms with Gasteiger partial charge in [0.25, 0.3) is 0 Å². The molecule has 0 spiro atoms. The highest BCUT2D eigenvalue weighted by Crippen LogP contribution is 2.24. The molecule has 0 saturated heterocycles. The number of aryl methyl sites for hydroxylation is 1. The molecule has 8 heteroatoms. The first-order valence-electron chi connectivity index (χ1n) is 10.8. The van der Waals surface area contributed by atoms with E-state index in [9.17, 15) is 9.59 Å². The number of carbonyl (C=O) groups is 2. The van der Waals surface area contributed by atoms with E-state index < -0.39 is 18.1 Å². The fraction of sp³-hybridized carbons (Fsp3) is 0.240. The Morgan fingerprint density at radius 2 is 1.82 bits per heavy atom. The Bertz CT molecular complexity index is 1250. The lowest BCUT2D eigenvalue weighted by Crippen LogP contribution is -2.31. The summed E-state index contributed by atoms with van der Waals surface area (Å²) in [6.07, 6.45) is 1.78. The molecule has 0 aliphatic rings. The van der Waals surface area contributed by atoms with Crippen LogP contribution in [-0.4, -0.2) is 33.6 Å². The van der Waals surface area contributed by atoms with E-state index in [2.05, 4.69) is 20.3 Å². The number of rotatable bonds is 8. The monoisotopic (exact) mass is 446 g/mol. The quantitative estimate of drug-likeness (QED) is 0.343. The molecule has 1 amide bonds. The lowest BCUT2D eigenvalue weighted by Gasteiger charge is -2.17. The van der Waals surface area contributed by atoms with Gasteiger partial charge in [0.1, 0.15) is 12.4 Å². The Kier molecular flexibility index (Phi) is 6.73. The summed E-state index contributed by atoms with van der Waals surface area (Å²) in [6.45, 7) is 3.89. The van der Waals surface area contributed by atoms with Gasteiger partial charge in [-0.05, 0) is 31.0 Å². The summed E-state index contributed by atoms with van der Waals surface area (Å²) in [5.41, 5.74) is 3.67. The zero-order valence-electron chi connectivity index (χ0n) is 18.6. The van der Waals surface area contributed by atoms with E-state index >= 15 is 0 Å². The maximum atomic E-state index is 12.6. The third kappa shape index (κ3) is 5.23. The van der Waals surface area contributed by atoms with Crippen LogP contribution in [0.25, 0.3) is 10.9 Å². The van der Waals surface area contributed by atoms with Crippen LogP contribution in [0.15, 0.2) is 60.8 Å². The van der Waals surface area contributed by atoms with Crippen LogP contribution in [0.1, 0.15) is 46.1 Å². The highest BCUT2D eigenvalue weighted by molar-refractivity contribution is 5.88. The molecule has 0 bridgehead atoms. The van der Waals surface area contributed by atoms with Crippen molar-refractivity contribution in [1.82, 2.24) is 20.3 Å². The second-order valence-corrected chi connectivity index (χ2v) is 7.64. The average Bonchev–Trinajstić information content (AvgIpc) is 3.42. The van der Waals surface area contributed by atoms with Crippen LogP contribution in [-0.2, 0) is 22.5 Å². The van der Waals surface area contributed by atoms with Gasteiger partial charge in [-0.25, -0.2) is 14.6 Å². The average molecular weight is 447 g/mol. The number of hydrogen-bond donors (Lipinski definition) is 3. The zero-order valence-corrected chi connectivity index (χ0v) is 18.6. The van der Waals surface area contributed by atoms with Gasteiger partial charge in [0.05, 0.1) is 12.6 Å². The van der Waals surface area contributed by atoms with Crippen LogP contribution in [0, 0.1) is 6.92 Å². The number of amides is 1. The van der Waals surface area contributed by atoms with Gasteiger partial charge in [-0.2, -0.15) is 0 Å². The van der Waals surface area contributed by atoms with Crippen molar-refractivity contribution in [3.8, 4) is 0 Å². The molecule has 33 heavy (non-hydrogen) atoms. The summed E-state index contributed by atoms with van der Waals surface area (Å²) in [7, 11) is 0. The Balaban J connectivity index is 1.57. The molecular formula is C25H26N4O4. The molecule has 0 fully saturated rings. The summed E-state index contributed by atoms with van der Waals surface area (Å²) in [6, 6.07) is 16.8. The van der Waals surface area contributed by atoms with E-state index in [0.717, 1.165) is 22.0 Å². The van der Waals surface area contributed by atoms with Crippen LogP contribution in [0.3, 0.4) is 0 Å². The van der Waals surface area contributed by atoms with Crippen LogP contribution in [0.5, 0.6) is 0 Å². The van der Waals surface area contributed by atoms with Gasteiger partial charge in [0, 0.05) is 29.2 Å². The van der Waals surface area contributed by atoms with Crippen molar-refractivity contribution in [2.75, 3.05) is 6.61 Å². The van der Waals surface area contributed by atoms with Crippen LogP contribution >= 0.6 is 0 Å². The number of para-hydroxylation sites is 1. The normalized spacial score (nSPS) is 11.8. The fourth-order valence-electron chi connectivity index (χ4n) is 3.69. The van der Waals surface area contributed by atoms with E-state index in [1.165, 1.54) is 0 Å². The summed E-state index contributed by atoms with van der Waals surface area (Å²) in [5, 5.41) is 3.95. The van der Waals surface area contributed by atoms with Crippen LogP contribution < -0.4 is 5.32 Å². The van der Waals surface area contributed by atoms with Crippen LogP contribution in [0.4, 0.5) is 4.79 Å². The molecule has 2 heterocycles. The Morgan fingerprint density at radius 3 is 2.61 bits per heavy atom. The highest BCUT2D eigenvalue weighted by Gasteiger charge is 2.24. The van der Waals surface area contributed by atoms with Gasteiger partial charge in [0.15, 0.2) is 5.69 Å². The molecule has 8 nitrogen and oxygen atoms in total. The number of aromatic amines is 2. The molecule has 4 aromatic rings. The van der Waals surface area contributed by atoms with Crippen molar-refractivity contribution in [3.63, 3.8) is 0 Å². The van der Waals surface area contributed by atoms with Crippen molar-refractivity contribution < 1.29 is 19.1 Å². The van der Waals surface area contributed by atoms with Gasteiger partial charge in [-0.3, -0.25) is 0 Å². The van der Waals surface area contributed by atoms with E-state index in [1.54, 1.807) is 13.8 Å². The summed E-state index contributed by atoms with van der Waals surface area (Å²) in [4.78, 5) is 35.7. The van der Waals surface area contributed by atoms with Gasteiger partial charge >= 0.3 is 12.1 Å². The predicted molar refractivity (Wildman–Crippen MR) is 124 cm³/mol. The third-order valence-electron chi connectivity index (χ3n) is 5.31. The Hall–Kier alpha value is -4.07. The van der Waals surface area contributed by atoms with Crippen molar-refractivity contribution in [2.45, 2.75) is 32.9 Å². The Morgan fingerprint density at radius 1 is 1.06 bits per heavy atom. The zero-order chi connectivity index (χ0) is 23.2. The highest BCUT2D eigenvalue weighted by atomic mass is 16.5. The molecule has 0 unspecified atom stereocenters. The van der Waals surface area contributed by atoms with Crippen molar-refractivity contribution in [2.24, 2.45) is 0 Å². The third-order valence-corrected chi connectivity index (χ3v) is 5.31. The number of nitrogens with zero attached hydrogens (tertiary/aromatic N) is 1. The first-order valence-corrected chi connectivity index (χ1v) is 10.8. The van der Waals surface area contributed by atoms with Gasteiger partial charge in [0.2, 0.25) is 0 Å². The number of fused-ring (bicyclic) bond motifs is 1. The standard InChI is InChI=1S/C25H26N4O4/c1-3-32-24(30)22-16(2)27-23(29-22)21(13-18-14-26-20-12-8-7-11-19(18)20)28-25(31)33-15-17-9-5-4-6-10-17/h4-12,14,21,26H,3,13,15H2,1-2H3,(H,27,29)(H,28,31)/t21-/m1/s1. The fourth-order valence-corrected chi connectivity index (χ4v) is 3.69. The molecule has 170 valence electrons. The first-order chi connectivity index (χ1) is 16.0. The number of ether oxygens (including phenoxy) is 2. The number of carbonyl (C=O) groups excluding carboxylic acids is 2. The topological polar surface area (TPSA) is 109 Å². The second-order valence-electron chi connectivity index (χ2n) is 7.64. The Labute approximate surface area is 191 Å². The summed E-state index contributed by atoms with van der Waals surface area (Å²) >= 11 is 0. The van der Waals surface area contributed by atoms with Crippen molar-refractivity contribution in [1.29, 1.82) is 0 Å². The number of imidazole rings is 1. The molecule has 0 radical (unpaired) electrons.